The van der Waals surface area contributed by atoms with Crippen LogP contribution >= 0.6 is 15.9 Å². The summed E-state index contributed by atoms with van der Waals surface area (Å²) in [5.74, 6) is 0.793. The Balaban J connectivity index is 1.43. The van der Waals surface area contributed by atoms with E-state index >= 15 is 0 Å². The van der Waals surface area contributed by atoms with E-state index in [0.29, 0.717) is 23.8 Å². The van der Waals surface area contributed by atoms with Gasteiger partial charge in [-0.05, 0) is 66.2 Å². The molecule has 0 unspecified atom stereocenters. The van der Waals surface area contributed by atoms with Gasteiger partial charge in [-0.15, -0.1) is 0 Å². The van der Waals surface area contributed by atoms with Crippen molar-refractivity contribution in [2.45, 2.75) is 6.92 Å². The van der Waals surface area contributed by atoms with Gasteiger partial charge in [-0.1, -0.05) is 28.1 Å². The van der Waals surface area contributed by atoms with Crippen LogP contribution in [-0.2, 0) is 4.79 Å². The molecule has 0 saturated carbocycles. The zero-order chi connectivity index (χ0) is 20.6. The van der Waals surface area contributed by atoms with Gasteiger partial charge >= 0.3 is 6.03 Å². The van der Waals surface area contributed by atoms with Crippen LogP contribution in [0.4, 0.5) is 10.5 Å². The molecule has 0 saturated heterocycles. The topological polar surface area (TPSA) is 88.7 Å². The zero-order valence-electron chi connectivity index (χ0n) is 15.7. The molecular formula is C21H20BrN3O4. The van der Waals surface area contributed by atoms with E-state index in [-0.39, 0.29) is 6.61 Å². The highest BCUT2D eigenvalue weighted by molar-refractivity contribution is 9.10. The number of urea groups is 1. The largest absolute Gasteiger partial charge is 0.494 e. The summed E-state index contributed by atoms with van der Waals surface area (Å²) < 4.78 is 11.8. The number of carbonyl (C=O) groups excluding carboxylic acids is 2. The van der Waals surface area contributed by atoms with Crippen molar-refractivity contribution in [2.24, 2.45) is 0 Å². The van der Waals surface area contributed by atoms with E-state index < -0.39 is 11.9 Å². The van der Waals surface area contributed by atoms with Crippen LogP contribution in [0.1, 0.15) is 6.92 Å². The van der Waals surface area contributed by atoms with E-state index in [2.05, 4.69) is 32.1 Å². The number of ether oxygens (including phenoxy) is 2. The van der Waals surface area contributed by atoms with Gasteiger partial charge in [0.05, 0.1) is 6.61 Å². The van der Waals surface area contributed by atoms with Gasteiger partial charge in [0, 0.05) is 10.2 Å². The molecule has 0 fully saturated rings. The summed E-state index contributed by atoms with van der Waals surface area (Å²) in [6.45, 7) is 2.23. The number of hydrogen-bond acceptors (Lipinski definition) is 4. The molecule has 0 aliphatic carbocycles. The molecule has 0 bridgehead atoms. The molecule has 0 aromatic heterocycles. The lowest BCUT2D eigenvalue weighted by Crippen LogP contribution is -2.45. The van der Waals surface area contributed by atoms with Gasteiger partial charge < -0.3 is 14.8 Å². The quantitative estimate of drug-likeness (QED) is 0.483. The maximum atomic E-state index is 11.9. The third-order valence-corrected chi connectivity index (χ3v) is 4.38. The number of amides is 3. The monoisotopic (exact) mass is 457 g/mol. The second kappa shape index (κ2) is 9.79. The standard InChI is InChI=1S/C21H20BrN3O4/c1-2-28-18-9-6-17(7-10-18)23-21(27)25-24-20(26)13-29-19-8-4-14-11-16(22)5-3-15(14)12-19/h3-12H,2,13H2,1H3,(H,24,26)(H2,23,25,27). The van der Waals surface area contributed by atoms with Gasteiger partial charge in [0.2, 0.25) is 0 Å². The summed E-state index contributed by atoms with van der Waals surface area (Å²) in [6.07, 6.45) is 0. The van der Waals surface area contributed by atoms with Crippen molar-refractivity contribution >= 4 is 44.3 Å². The Kier molecular flexibility index (Phi) is 6.91. The summed E-state index contributed by atoms with van der Waals surface area (Å²) >= 11 is 3.43. The van der Waals surface area contributed by atoms with Gasteiger partial charge in [0.15, 0.2) is 6.61 Å². The van der Waals surface area contributed by atoms with Crippen LogP contribution in [0.15, 0.2) is 65.1 Å². The third kappa shape index (κ3) is 6.11. The number of hydrogen-bond donors (Lipinski definition) is 3. The maximum absolute atomic E-state index is 11.9. The first-order chi connectivity index (χ1) is 14.0. The Labute approximate surface area is 176 Å². The molecule has 0 aliphatic rings. The van der Waals surface area contributed by atoms with Crippen molar-refractivity contribution in [1.29, 1.82) is 0 Å². The lowest BCUT2D eigenvalue weighted by molar-refractivity contribution is -0.123. The number of anilines is 1. The van der Waals surface area contributed by atoms with E-state index in [9.17, 15) is 9.59 Å². The predicted molar refractivity (Wildman–Crippen MR) is 115 cm³/mol. The minimum absolute atomic E-state index is 0.231. The van der Waals surface area contributed by atoms with Crippen LogP contribution in [0.25, 0.3) is 10.8 Å². The summed E-state index contributed by atoms with van der Waals surface area (Å²) in [5.41, 5.74) is 5.14. The summed E-state index contributed by atoms with van der Waals surface area (Å²) in [4.78, 5) is 23.8. The van der Waals surface area contributed by atoms with Crippen LogP contribution in [-0.4, -0.2) is 25.2 Å². The molecule has 3 aromatic carbocycles. The van der Waals surface area contributed by atoms with Crippen molar-refractivity contribution in [3.8, 4) is 11.5 Å². The minimum atomic E-state index is -0.571. The first-order valence-electron chi connectivity index (χ1n) is 8.94. The second-order valence-electron chi connectivity index (χ2n) is 6.03. The average Bonchev–Trinajstić information content (AvgIpc) is 2.72. The molecule has 0 radical (unpaired) electrons. The first kappa shape index (κ1) is 20.5. The summed E-state index contributed by atoms with van der Waals surface area (Å²) in [7, 11) is 0. The van der Waals surface area contributed by atoms with Crippen molar-refractivity contribution < 1.29 is 19.1 Å². The Morgan fingerprint density at radius 1 is 0.862 bits per heavy atom. The van der Waals surface area contributed by atoms with E-state index in [0.717, 1.165) is 15.2 Å². The van der Waals surface area contributed by atoms with Gasteiger partial charge in [-0.3, -0.25) is 10.2 Å². The second-order valence-corrected chi connectivity index (χ2v) is 6.94. The van der Waals surface area contributed by atoms with Crippen LogP contribution in [0.5, 0.6) is 11.5 Å². The van der Waals surface area contributed by atoms with Gasteiger partial charge in [0.25, 0.3) is 5.91 Å². The molecule has 7 nitrogen and oxygen atoms in total. The van der Waals surface area contributed by atoms with Crippen LogP contribution < -0.4 is 25.6 Å². The average molecular weight is 458 g/mol. The Bertz CT molecular complexity index is 1010. The fourth-order valence-electron chi connectivity index (χ4n) is 2.56. The molecule has 29 heavy (non-hydrogen) atoms. The maximum Gasteiger partial charge on any atom is 0.337 e. The fraction of sp³-hybridized carbons (Fsp3) is 0.143. The number of hydrazine groups is 1. The highest BCUT2D eigenvalue weighted by Gasteiger charge is 2.07. The van der Waals surface area contributed by atoms with E-state index in [1.165, 1.54) is 0 Å². The fourth-order valence-corrected chi connectivity index (χ4v) is 2.94. The highest BCUT2D eigenvalue weighted by atomic mass is 79.9. The van der Waals surface area contributed by atoms with Crippen LogP contribution in [0.2, 0.25) is 0 Å². The van der Waals surface area contributed by atoms with Crippen LogP contribution in [0, 0.1) is 0 Å². The zero-order valence-corrected chi connectivity index (χ0v) is 17.3. The number of benzene rings is 3. The van der Waals surface area contributed by atoms with Gasteiger partial charge in [-0.25, -0.2) is 10.2 Å². The number of fused-ring (bicyclic) bond motifs is 1. The number of halogens is 1. The summed E-state index contributed by atoms with van der Waals surface area (Å²) in [6, 6.07) is 17.8. The van der Waals surface area contributed by atoms with Gasteiger partial charge in [-0.2, -0.15) is 0 Å². The van der Waals surface area contributed by atoms with E-state index in [1.807, 2.05) is 37.3 Å². The van der Waals surface area contributed by atoms with Crippen molar-refractivity contribution in [1.82, 2.24) is 10.9 Å². The van der Waals surface area contributed by atoms with E-state index in [4.69, 9.17) is 9.47 Å². The molecule has 0 heterocycles. The summed E-state index contributed by atoms with van der Waals surface area (Å²) in [5, 5.41) is 4.66. The molecule has 3 rings (SSSR count). The molecule has 3 amide bonds. The first-order valence-corrected chi connectivity index (χ1v) is 9.73. The van der Waals surface area contributed by atoms with E-state index in [1.54, 1.807) is 30.3 Å². The van der Waals surface area contributed by atoms with Crippen molar-refractivity contribution in [3.05, 3.63) is 65.1 Å². The van der Waals surface area contributed by atoms with Crippen molar-refractivity contribution in [2.75, 3.05) is 18.5 Å². The highest BCUT2D eigenvalue weighted by Crippen LogP contribution is 2.24. The molecule has 0 aliphatic heterocycles. The lowest BCUT2D eigenvalue weighted by atomic mass is 10.1. The molecule has 0 atom stereocenters. The molecular weight excluding hydrogens is 438 g/mol. The Morgan fingerprint density at radius 3 is 2.31 bits per heavy atom. The van der Waals surface area contributed by atoms with Gasteiger partial charge in [0.1, 0.15) is 11.5 Å². The third-order valence-electron chi connectivity index (χ3n) is 3.88. The molecule has 3 N–H and O–H groups in total. The molecule has 3 aromatic rings. The lowest BCUT2D eigenvalue weighted by Gasteiger charge is -2.11. The smallest absolute Gasteiger partial charge is 0.337 e. The Morgan fingerprint density at radius 2 is 1.55 bits per heavy atom. The SMILES string of the molecule is CCOc1ccc(NC(=O)NNC(=O)COc2ccc3cc(Br)ccc3c2)cc1. The van der Waals surface area contributed by atoms with Crippen LogP contribution in [0.3, 0.4) is 0 Å². The number of rotatable bonds is 6. The Hall–Kier alpha value is -3.26. The predicted octanol–water partition coefficient (Wildman–Crippen LogP) is 4.23. The minimum Gasteiger partial charge on any atom is -0.494 e. The number of carbonyl (C=O) groups is 2. The normalized spacial score (nSPS) is 10.3. The number of nitrogens with one attached hydrogen (secondary N) is 3. The van der Waals surface area contributed by atoms with Crippen molar-refractivity contribution in [3.63, 3.8) is 0 Å². The molecule has 150 valence electrons. The molecule has 8 heteroatoms. The molecule has 0 spiro atoms.